The number of aromatic nitrogens is 1. The molecule has 10 heavy (non-hydrogen) atoms. The maximum atomic E-state index is 5.56. The van der Waals surface area contributed by atoms with Gasteiger partial charge in [-0.25, -0.2) is 4.98 Å². The van der Waals surface area contributed by atoms with E-state index >= 15 is 0 Å². The molecule has 0 aromatic carbocycles. The van der Waals surface area contributed by atoms with E-state index in [1.807, 2.05) is 6.07 Å². The first-order valence-corrected chi connectivity index (χ1v) is 3.10. The van der Waals surface area contributed by atoms with Crippen molar-refractivity contribution in [1.82, 2.24) is 4.98 Å². The maximum Gasteiger partial charge on any atom is 0.148 e. The Morgan fingerprint density at radius 2 is 2.40 bits per heavy atom. The molecule has 0 amide bonds. The fourth-order valence-corrected chi connectivity index (χ4v) is 1.04. The number of nitrogens with two attached hydrogens (primary N) is 1. The summed E-state index contributed by atoms with van der Waals surface area (Å²) < 4.78 is 0. The van der Waals surface area contributed by atoms with Crippen LogP contribution in [0.25, 0.3) is 0 Å². The Labute approximate surface area is 58.4 Å². The van der Waals surface area contributed by atoms with Crippen LogP contribution in [0.5, 0.6) is 0 Å². The minimum Gasteiger partial charge on any atom is -0.382 e. The Balaban J connectivity index is 2.59. The average Bonchev–Trinajstić information content (AvgIpc) is 2.36. The predicted molar refractivity (Wildman–Crippen MR) is 40.8 cm³/mol. The van der Waals surface area contributed by atoms with Crippen molar-refractivity contribution in [2.45, 2.75) is 0 Å². The van der Waals surface area contributed by atoms with Crippen LogP contribution in [-0.2, 0) is 0 Å². The van der Waals surface area contributed by atoms with Gasteiger partial charge in [-0.05, 0) is 6.07 Å². The van der Waals surface area contributed by atoms with Gasteiger partial charge in [-0.15, -0.1) is 0 Å². The Morgan fingerprint density at radius 1 is 1.50 bits per heavy atom. The van der Waals surface area contributed by atoms with E-state index in [0.29, 0.717) is 5.82 Å². The second kappa shape index (κ2) is 1.76. The lowest BCUT2D eigenvalue weighted by Gasteiger charge is -1.98. The van der Waals surface area contributed by atoms with E-state index in [0.717, 1.165) is 18.0 Å². The molecule has 1 aromatic heterocycles. The van der Waals surface area contributed by atoms with Crippen molar-refractivity contribution in [3.05, 3.63) is 12.3 Å². The van der Waals surface area contributed by atoms with E-state index in [1.54, 1.807) is 6.20 Å². The van der Waals surface area contributed by atoms with Gasteiger partial charge in [0.25, 0.3) is 0 Å². The molecule has 0 saturated heterocycles. The Hall–Kier alpha value is -1.45. The van der Waals surface area contributed by atoms with Crippen LogP contribution in [0.3, 0.4) is 0 Å². The number of fused-ring (bicyclic) bond motifs is 1. The third-order valence-electron chi connectivity index (χ3n) is 1.52. The Morgan fingerprint density at radius 3 is 3.20 bits per heavy atom. The second-order valence-corrected chi connectivity index (χ2v) is 2.15. The first-order chi connectivity index (χ1) is 4.88. The summed E-state index contributed by atoms with van der Waals surface area (Å²) in [5, 5.41) is 6.18. The highest BCUT2D eigenvalue weighted by atomic mass is 15.2. The fraction of sp³-hybridized carbons (Fsp3) is 0.167. The van der Waals surface area contributed by atoms with E-state index in [1.165, 1.54) is 0 Å². The molecular formula is C6H8N4. The molecule has 4 heteroatoms. The minimum atomic E-state index is 0.558. The van der Waals surface area contributed by atoms with Crippen LogP contribution in [0, 0.1) is 0 Å². The molecule has 1 aliphatic rings. The molecule has 0 unspecified atom stereocenters. The topological polar surface area (TPSA) is 63.0 Å². The normalized spacial score (nSPS) is 13.6. The van der Waals surface area contributed by atoms with Crippen molar-refractivity contribution in [1.29, 1.82) is 0 Å². The van der Waals surface area contributed by atoms with Gasteiger partial charge >= 0.3 is 0 Å². The first-order valence-electron chi connectivity index (χ1n) is 3.10. The number of hydrogen-bond donors (Lipinski definition) is 3. The number of rotatable bonds is 0. The van der Waals surface area contributed by atoms with Crippen LogP contribution >= 0.6 is 0 Å². The Bertz CT molecular complexity index is 258. The molecule has 0 spiro atoms. The zero-order valence-corrected chi connectivity index (χ0v) is 5.39. The van der Waals surface area contributed by atoms with E-state index in [2.05, 4.69) is 15.6 Å². The van der Waals surface area contributed by atoms with Crippen LogP contribution in [0.2, 0.25) is 0 Å². The molecule has 0 aliphatic carbocycles. The fourth-order valence-electron chi connectivity index (χ4n) is 1.04. The molecular weight excluding hydrogens is 128 g/mol. The lowest BCUT2D eigenvalue weighted by atomic mass is 10.3. The van der Waals surface area contributed by atoms with Crippen LogP contribution in [0.1, 0.15) is 0 Å². The molecule has 0 bridgehead atoms. The monoisotopic (exact) mass is 136 g/mol. The van der Waals surface area contributed by atoms with Crippen molar-refractivity contribution in [2.75, 3.05) is 23.0 Å². The maximum absolute atomic E-state index is 5.56. The number of nitrogen functional groups attached to an aromatic ring is 1. The van der Waals surface area contributed by atoms with E-state index < -0.39 is 0 Å². The van der Waals surface area contributed by atoms with Crippen molar-refractivity contribution in [3.8, 4) is 0 Å². The quantitative estimate of drug-likeness (QED) is 0.485. The highest BCUT2D eigenvalue weighted by molar-refractivity contribution is 5.81. The highest BCUT2D eigenvalue weighted by Gasteiger charge is 2.10. The summed E-state index contributed by atoms with van der Waals surface area (Å²) >= 11 is 0. The zero-order chi connectivity index (χ0) is 6.97. The third kappa shape index (κ3) is 0.586. The first kappa shape index (κ1) is 5.34. The minimum absolute atomic E-state index is 0.558. The van der Waals surface area contributed by atoms with Gasteiger partial charge in [0, 0.05) is 6.20 Å². The SMILES string of the molecule is Nc1nccc2c1NCN2. The van der Waals surface area contributed by atoms with Gasteiger partial charge in [-0.2, -0.15) is 0 Å². The Kier molecular flexibility index (Phi) is 0.943. The molecule has 0 atom stereocenters. The largest absolute Gasteiger partial charge is 0.382 e. The number of nitrogens with one attached hydrogen (secondary N) is 2. The smallest absolute Gasteiger partial charge is 0.148 e. The predicted octanol–water partition coefficient (Wildman–Crippen LogP) is 0.459. The van der Waals surface area contributed by atoms with Crippen molar-refractivity contribution < 1.29 is 0 Å². The summed E-state index contributed by atoms with van der Waals surface area (Å²) in [6.07, 6.45) is 1.69. The summed E-state index contributed by atoms with van der Waals surface area (Å²) in [5.74, 6) is 0.558. The van der Waals surface area contributed by atoms with E-state index in [9.17, 15) is 0 Å². The average molecular weight is 136 g/mol. The molecule has 4 nitrogen and oxygen atoms in total. The van der Waals surface area contributed by atoms with Gasteiger partial charge in [0.2, 0.25) is 0 Å². The molecule has 52 valence electrons. The molecule has 0 fully saturated rings. The lowest BCUT2D eigenvalue weighted by Crippen LogP contribution is -2.00. The van der Waals surface area contributed by atoms with Crippen LogP contribution < -0.4 is 16.4 Å². The zero-order valence-electron chi connectivity index (χ0n) is 5.39. The van der Waals surface area contributed by atoms with Crippen LogP contribution in [-0.4, -0.2) is 11.7 Å². The summed E-state index contributed by atoms with van der Waals surface area (Å²) in [4.78, 5) is 3.93. The molecule has 2 rings (SSSR count). The summed E-state index contributed by atoms with van der Waals surface area (Å²) in [6, 6.07) is 1.89. The van der Waals surface area contributed by atoms with Gasteiger partial charge in [0.05, 0.1) is 12.4 Å². The van der Waals surface area contributed by atoms with Gasteiger partial charge in [0.1, 0.15) is 11.5 Å². The number of anilines is 3. The second-order valence-electron chi connectivity index (χ2n) is 2.15. The van der Waals surface area contributed by atoms with E-state index in [-0.39, 0.29) is 0 Å². The van der Waals surface area contributed by atoms with Gasteiger partial charge < -0.3 is 16.4 Å². The lowest BCUT2D eigenvalue weighted by molar-refractivity contribution is 1.30. The van der Waals surface area contributed by atoms with Gasteiger partial charge in [0.15, 0.2) is 0 Å². The summed E-state index contributed by atoms with van der Waals surface area (Å²) in [7, 11) is 0. The van der Waals surface area contributed by atoms with Crippen molar-refractivity contribution in [3.63, 3.8) is 0 Å². The molecule has 2 heterocycles. The van der Waals surface area contributed by atoms with Crippen molar-refractivity contribution in [2.24, 2.45) is 0 Å². The molecule has 1 aliphatic heterocycles. The van der Waals surface area contributed by atoms with Crippen molar-refractivity contribution >= 4 is 17.2 Å². The van der Waals surface area contributed by atoms with E-state index in [4.69, 9.17) is 5.73 Å². The standard InChI is InChI=1S/C6H8N4/c7-6-5-4(1-2-8-6)9-3-10-5/h1-2,9-10H,3H2,(H2,7,8). The number of pyridine rings is 1. The van der Waals surface area contributed by atoms with Gasteiger partial charge in [-0.1, -0.05) is 0 Å². The number of nitrogens with zero attached hydrogens (tertiary/aromatic N) is 1. The summed E-state index contributed by atoms with van der Waals surface area (Å²) in [5.41, 5.74) is 7.51. The molecule has 1 aromatic rings. The molecule has 0 saturated carbocycles. The molecule has 0 radical (unpaired) electrons. The third-order valence-corrected chi connectivity index (χ3v) is 1.52. The van der Waals surface area contributed by atoms with Gasteiger partial charge in [-0.3, -0.25) is 0 Å². The van der Waals surface area contributed by atoms with Crippen LogP contribution in [0.4, 0.5) is 17.2 Å². The molecule has 4 N–H and O–H groups in total. The number of hydrogen-bond acceptors (Lipinski definition) is 4. The van der Waals surface area contributed by atoms with Crippen LogP contribution in [0.15, 0.2) is 12.3 Å². The highest BCUT2D eigenvalue weighted by Crippen LogP contribution is 2.29. The summed E-state index contributed by atoms with van der Waals surface area (Å²) in [6.45, 7) is 0.741.